The van der Waals surface area contributed by atoms with Crippen LogP contribution in [0.15, 0.2) is 34.7 Å². The van der Waals surface area contributed by atoms with Gasteiger partial charge in [-0.2, -0.15) is 5.26 Å². The lowest BCUT2D eigenvalue weighted by Gasteiger charge is -2.17. The minimum atomic E-state index is -0.338. The van der Waals surface area contributed by atoms with Crippen molar-refractivity contribution in [2.75, 3.05) is 5.32 Å². The number of carbonyl (C=O) groups excluding carboxylic acids is 1. The highest BCUT2D eigenvalue weighted by molar-refractivity contribution is 7.17. The Morgan fingerprint density at radius 1 is 1.32 bits per heavy atom. The molecule has 1 atom stereocenters. The van der Waals surface area contributed by atoms with Crippen molar-refractivity contribution in [1.82, 2.24) is 9.55 Å². The van der Waals surface area contributed by atoms with Crippen LogP contribution in [0.5, 0.6) is 0 Å². The normalized spacial score (nSPS) is 15.2. The van der Waals surface area contributed by atoms with Crippen molar-refractivity contribution in [3.8, 4) is 17.2 Å². The molecule has 0 fully saturated rings. The monoisotopic (exact) mass is 488 g/mol. The third-order valence-electron chi connectivity index (χ3n) is 6.42. The summed E-state index contributed by atoms with van der Waals surface area (Å²) in [6, 6.07) is 8.42. The number of anilines is 1. The Morgan fingerprint density at radius 2 is 2.15 bits per heavy atom. The highest BCUT2D eigenvalue weighted by Gasteiger charge is 2.25. The molecule has 1 N–H and O–H groups in total. The molecule has 1 unspecified atom stereocenters. The van der Waals surface area contributed by atoms with Crippen LogP contribution in [-0.4, -0.2) is 15.5 Å². The van der Waals surface area contributed by atoms with Crippen LogP contribution in [0.25, 0.3) is 21.3 Å². The smallest absolute Gasteiger partial charge is 0.263 e. The van der Waals surface area contributed by atoms with Gasteiger partial charge in [0.2, 0.25) is 5.91 Å². The molecule has 0 aliphatic heterocycles. The van der Waals surface area contributed by atoms with Gasteiger partial charge in [0.25, 0.3) is 5.56 Å². The van der Waals surface area contributed by atoms with Gasteiger partial charge in [0.05, 0.1) is 17.3 Å². The predicted molar refractivity (Wildman–Crippen MR) is 138 cm³/mol. The fourth-order valence-electron chi connectivity index (χ4n) is 4.67. The molecule has 1 aliphatic rings. The summed E-state index contributed by atoms with van der Waals surface area (Å²) in [5.74, 6) is 0.240. The molecule has 3 heterocycles. The number of fused-ring (bicyclic) bond motifs is 2. The van der Waals surface area contributed by atoms with Gasteiger partial charge in [0, 0.05) is 15.8 Å². The number of nitrogens with one attached hydrogen (secondary N) is 1. The number of nitriles is 1. The summed E-state index contributed by atoms with van der Waals surface area (Å²) < 4.78 is 1.35. The summed E-state index contributed by atoms with van der Waals surface area (Å²) in [4.78, 5) is 32.6. The third kappa shape index (κ3) is 3.95. The second-order valence-electron chi connectivity index (χ2n) is 9.04. The first kappa shape index (κ1) is 22.5. The zero-order chi connectivity index (χ0) is 24.0. The lowest BCUT2D eigenvalue weighted by molar-refractivity contribution is -0.116. The topological polar surface area (TPSA) is 87.8 Å². The highest BCUT2D eigenvalue weighted by Crippen LogP contribution is 2.39. The molecule has 6 nitrogen and oxygen atoms in total. The Kier molecular flexibility index (Phi) is 5.84. The largest absolute Gasteiger partial charge is 0.315 e. The van der Waals surface area contributed by atoms with Crippen molar-refractivity contribution >= 4 is 43.8 Å². The number of aromatic nitrogens is 2. The van der Waals surface area contributed by atoms with Crippen LogP contribution in [0.4, 0.5) is 5.00 Å². The number of benzene rings is 1. The zero-order valence-corrected chi connectivity index (χ0v) is 20.9. The fourth-order valence-corrected chi connectivity index (χ4v) is 6.95. The van der Waals surface area contributed by atoms with Crippen molar-refractivity contribution in [1.29, 1.82) is 5.26 Å². The van der Waals surface area contributed by atoms with E-state index in [-0.39, 0.29) is 18.0 Å². The molecule has 5 rings (SSSR count). The van der Waals surface area contributed by atoms with E-state index in [1.807, 2.05) is 31.4 Å². The standard InChI is InChI=1S/C26H24N4O2S2/c1-14-4-6-17(16(3)8-14)20-12-33-25-23(20)26(32)30(13-28-25)11-22(31)29-24-19(10-27)18-7-5-15(2)9-21(18)34-24/h4,6,8,12-13,15H,5,7,9,11H2,1-3H3,(H,29,31). The number of amides is 1. The lowest BCUT2D eigenvalue weighted by Crippen LogP contribution is -2.27. The van der Waals surface area contributed by atoms with Gasteiger partial charge in [0.15, 0.2) is 0 Å². The molecule has 1 aromatic carbocycles. The molecule has 4 aromatic rings. The Hall–Kier alpha value is -3.28. The van der Waals surface area contributed by atoms with Gasteiger partial charge in [-0.25, -0.2) is 4.98 Å². The zero-order valence-electron chi connectivity index (χ0n) is 19.3. The molecule has 34 heavy (non-hydrogen) atoms. The summed E-state index contributed by atoms with van der Waals surface area (Å²) in [5, 5.41) is 15.6. The summed E-state index contributed by atoms with van der Waals surface area (Å²) in [5.41, 5.74) is 5.48. The van der Waals surface area contributed by atoms with Crippen molar-refractivity contribution in [3.05, 3.63) is 67.4 Å². The van der Waals surface area contributed by atoms with Crippen molar-refractivity contribution in [2.24, 2.45) is 5.92 Å². The molecule has 1 amide bonds. The fraction of sp³-hybridized carbons (Fsp3) is 0.308. The van der Waals surface area contributed by atoms with Crippen LogP contribution in [0.1, 0.15) is 40.5 Å². The van der Waals surface area contributed by atoms with Crippen molar-refractivity contribution in [2.45, 2.75) is 46.6 Å². The van der Waals surface area contributed by atoms with Crippen LogP contribution in [0.3, 0.4) is 0 Å². The van der Waals surface area contributed by atoms with Gasteiger partial charge in [0.1, 0.15) is 22.4 Å². The number of thiophene rings is 2. The summed E-state index contributed by atoms with van der Waals surface area (Å²) >= 11 is 2.91. The minimum Gasteiger partial charge on any atom is -0.315 e. The van der Waals surface area contributed by atoms with Gasteiger partial charge in [-0.05, 0) is 55.7 Å². The maximum atomic E-state index is 13.4. The summed E-state index contributed by atoms with van der Waals surface area (Å²) in [6.45, 7) is 6.12. The van der Waals surface area contributed by atoms with E-state index >= 15 is 0 Å². The van der Waals surface area contributed by atoms with Crippen molar-refractivity contribution < 1.29 is 4.79 Å². The predicted octanol–water partition coefficient (Wildman–Crippen LogP) is 5.44. The molecule has 0 saturated heterocycles. The van der Waals surface area contributed by atoms with Gasteiger partial charge in [-0.3, -0.25) is 14.2 Å². The van der Waals surface area contributed by atoms with Crippen LogP contribution >= 0.6 is 22.7 Å². The van der Waals surface area contributed by atoms with E-state index in [1.54, 1.807) is 0 Å². The minimum absolute atomic E-state index is 0.159. The number of rotatable bonds is 4. The molecule has 8 heteroatoms. The first-order valence-electron chi connectivity index (χ1n) is 11.2. The Morgan fingerprint density at radius 3 is 2.91 bits per heavy atom. The highest BCUT2D eigenvalue weighted by atomic mass is 32.1. The number of nitrogens with zero attached hydrogens (tertiary/aromatic N) is 3. The first-order valence-corrected chi connectivity index (χ1v) is 12.9. The van der Waals surface area contributed by atoms with Gasteiger partial charge < -0.3 is 5.32 Å². The maximum Gasteiger partial charge on any atom is 0.263 e. The number of aryl methyl sites for hydroxylation is 2. The number of hydrogen-bond donors (Lipinski definition) is 1. The van der Waals surface area contributed by atoms with Gasteiger partial charge in [-0.1, -0.05) is 30.7 Å². The summed E-state index contributed by atoms with van der Waals surface area (Å²) in [6.07, 6.45) is 4.28. The van der Waals surface area contributed by atoms with E-state index in [9.17, 15) is 14.9 Å². The van der Waals surface area contributed by atoms with E-state index in [1.165, 1.54) is 38.4 Å². The van der Waals surface area contributed by atoms with Crippen molar-refractivity contribution in [3.63, 3.8) is 0 Å². The van der Waals surface area contributed by atoms with Crippen LogP contribution in [0.2, 0.25) is 0 Å². The molecular formula is C26H24N4O2S2. The van der Waals surface area contributed by atoms with Gasteiger partial charge in [-0.15, -0.1) is 22.7 Å². The second kappa shape index (κ2) is 8.82. The molecular weight excluding hydrogens is 464 g/mol. The summed E-state index contributed by atoms with van der Waals surface area (Å²) in [7, 11) is 0. The Balaban J connectivity index is 1.45. The third-order valence-corrected chi connectivity index (χ3v) is 8.48. The van der Waals surface area contributed by atoms with Crippen LogP contribution in [-0.2, 0) is 24.2 Å². The molecule has 0 saturated carbocycles. The Labute approximate surface area is 205 Å². The molecule has 0 spiro atoms. The molecule has 1 aliphatic carbocycles. The average molecular weight is 489 g/mol. The lowest BCUT2D eigenvalue weighted by atomic mass is 9.89. The molecule has 172 valence electrons. The van der Waals surface area contributed by atoms with E-state index in [2.05, 4.69) is 29.4 Å². The van der Waals surface area contributed by atoms with E-state index < -0.39 is 0 Å². The SMILES string of the molecule is Cc1ccc(-c2csc3ncn(CC(=O)Nc4sc5c(c4C#N)CCC(C)C5)c(=O)c23)c(C)c1. The molecule has 0 bridgehead atoms. The van der Waals surface area contributed by atoms with E-state index in [0.29, 0.717) is 26.7 Å². The number of hydrogen-bond acceptors (Lipinski definition) is 6. The maximum absolute atomic E-state index is 13.4. The molecule has 3 aromatic heterocycles. The average Bonchev–Trinajstić information content (AvgIpc) is 3.36. The second-order valence-corrected chi connectivity index (χ2v) is 11.0. The van der Waals surface area contributed by atoms with Gasteiger partial charge >= 0.3 is 0 Å². The van der Waals surface area contributed by atoms with Crippen LogP contribution in [0, 0.1) is 31.1 Å². The molecule has 0 radical (unpaired) electrons. The Bertz CT molecular complexity index is 1540. The quantitative estimate of drug-likeness (QED) is 0.414. The first-order chi connectivity index (χ1) is 16.4. The van der Waals surface area contributed by atoms with E-state index in [4.69, 9.17) is 0 Å². The van der Waals surface area contributed by atoms with Crippen LogP contribution < -0.4 is 10.9 Å². The van der Waals surface area contributed by atoms with E-state index in [0.717, 1.165) is 47.1 Å². The number of carbonyl (C=O) groups is 1.